The molecule has 8 nitrogen and oxygen atoms in total. The molecule has 3 aromatic rings. The van der Waals surface area contributed by atoms with Gasteiger partial charge in [-0.3, -0.25) is 14.3 Å². The molecule has 0 spiro atoms. The first-order chi connectivity index (χ1) is 15.0. The Morgan fingerprint density at radius 3 is 2.65 bits per heavy atom. The maximum absolute atomic E-state index is 12.7. The molecule has 0 aliphatic carbocycles. The fourth-order valence-corrected chi connectivity index (χ4v) is 4.24. The van der Waals surface area contributed by atoms with Crippen molar-refractivity contribution in [2.45, 2.75) is 45.6 Å². The summed E-state index contributed by atoms with van der Waals surface area (Å²) in [6.07, 6.45) is 5.14. The molecule has 1 aliphatic heterocycles. The molecule has 0 bridgehead atoms. The lowest BCUT2D eigenvalue weighted by Crippen LogP contribution is -2.39. The monoisotopic (exact) mass is 422 g/mol. The normalized spacial score (nSPS) is 14.8. The maximum atomic E-state index is 12.7. The fraction of sp³-hybridized carbons (Fsp3) is 0.478. The Bertz CT molecular complexity index is 1060. The molecule has 164 valence electrons. The SMILES string of the molecule is CCn1ccc(NC(=O)CC2CCN(C(=O)CCc3nc4ccccc4n3C)CC2)n1. The average molecular weight is 423 g/mol. The van der Waals surface area contributed by atoms with Gasteiger partial charge in [0.2, 0.25) is 11.8 Å². The van der Waals surface area contributed by atoms with E-state index in [1.54, 1.807) is 4.68 Å². The minimum absolute atomic E-state index is 0.00650. The van der Waals surface area contributed by atoms with E-state index in [1.807, 2.05) is 55.4 Å². The van der Waals surface area contributed by atoms with Crippen molar-refractivity contribution in [2.75, 3.05) is 18.4 Å². The summed E-state index contributed by atoms with van der Waals surface area (Å²) >= 11 is 0. The number of nitrogens with one attached hydrogen (secondary N) is 1. The third-order valence-electron chi connectivity index (χ3n) is 6.12. The molecule has 3 heterocycles. The number of hydrogen-bond acceptors (Lipinski definition) is 4. The van der Waals surface area contributed by atoms with Gasteiger partial charge in [0.05, 0.1) is 11.0 Å². The number of hydrogen-bond donors (Lipinski definition) is 1. The van der Waals surface area contributed by atoms with E-state index >= 15 is 0 Å². The van der Waals surface area contributed by atoms with Crippen molar-refractivity contribution in [3.8, 4) is 0 Å². The van der Waals surface area contributed by atoms with Crippen molar-refractivity contribution in [1.29, 1.82) is 0 Å². The number of nitrogens with zero attached hydrogens (tertiary/aromatic N) is 5. The molecule has 8 heteroatoms. The summed E-state index contributed by atoms with van der Waals surface area (Å²) in [6.45, 7) is 4.21. The maximum Gasteiger partial charge on any atom is 0.225 e. The zero-order valence-electron chi connectivity index (χ0n) is 18.3. The number of piperidine rings is 1. The van der Waals surface area contributed by atoms with Gasteiger partial charge in [-0.15, -0.1) is 0 Å². The van der Waals surface area contributed by atoms with Crippen LogP contribution in [0.2, 0.25) is 0 Å². The number of amides is 2. The average Bonchev–Trinajstić information content (AvgIpc) is 3.36. The van der Waals surface area contributed by atoms with Gasteiger partial charge in [0.15, 0.2) is 5.82 Å². The molecule has 31 heavy (non-hydrogen) atoms. The van der Waals surface area contributed by atoms with Gasteiger partial charge in [0, 0.05) is 58.2 Å². The number of para-hydroxylation sites is 2. The summed E-state index contributed by atoms with van der Waals surface area (Å²) in [5.74, 6) is 2.00. The van der Waals surface area contributed by atoms with Crippen molar-refractivity contribution in [3.63, 3.8) is 0 Å². The molecule has 2 aromatic heterocycles. The summed E-state index contributed by atoms with van der Waals surface area (Å²) < 4.78 is 3.85. The van der Waals surface area contributed by atoms with Crippen LogP contribution in [0, 0.1) is 5.92 Å². The van der Waals surface area contributed by atoms with E-state index in [1.165, 1.54) is 0 Å². The lowest BCUT2D eigenvalue weighted by Gasteiger charge is -2.31. The minimum atomic E-state index is -0.00650. The molecule has 0 unspecified atom stereocenters. The van der Waals surface area contributed by atoms with Gasteiger partial charge in [0.25, 0.3) is 0 Å². The predicted octanol–water partition coefficient (Wildman–Crippen LogP) is 2.99. The van der Waals surface area contributed by atoms with E-state index in [9.17, 15) is 9.59 Å². The smallest absolute Gasteiger partial charge is 0.225 e. The van der Waals surface area contributed by atoms with Gasteiger partial charge >= 0.3 is 0 Å². The van der Waals surface area contributed by atoms with Crippen LogP contribution in [-0.2, 0) is 29.6 Å². The molecule has 4 rings (SSSR count). The van der Waals surface area contributed by atoms with Crippen LogP contribution in [-0.4, -0.2) is 49.1 Å². The number of carbonyl (C=O) groups excluding carboxylic acids is 2. The van der Waals surface area contributed by atoms with E-state index in [0.29, 0.717) is 44.1 Å². The highest BCUT2D eigenvalue weighted by atomic mass is 16.2. The van der Waals surface area contributed by atoms with Crippen LogP contribution in [0.1, 0.15) is 38.4 Å². The Hall–Kier alpha value is -3.16. The van der Waals surface area contributed by atoms with Crippen LogP contribution >= 0.6 is 0 Å². The topological polar surface area (TPSA) is 85.0 Å². The minimum Gasteiger partial charge on any atom is -0.343 e. The Kier molecular flexibility index (Phi) is 6.34. The lowest BCUT2D eigenvalue weighted by molar-refractivity contribution is -0.132. The molecule has 1 aromatic carbocycles. The predicted molar refractivity (Wildman–Crippen MR) is 119 cm³/mol. The third kappa shape index (κ3) is 4.95. The molecule has 0 saturated carbocycles. The van der Waals surface area contributed by atoms with E-state index in [4.69, 9.17) is 0 Å². The summed E-state index contributed by atoms with van der Waals surface area (Å²) in [4.78, 5) is 31.6. The number of fused-ring (bicyclic) bond motifs is 1. The van der Waals surface area contributed by atoms with Gasteiger partial charge in [0.1, 0.15) is 5.82 Å². The number of aryl methyl sites for hydroxylation is 3. The highest BCUT2D eigenvalue weighted by Gasteiger charge is 2.25. The second-order valence-corrected chi connectivity index (χ2v) is 8.21. The number of anilines is 1. The number of imidazole rings is 1. The zero-order valence-corrected chi connectivity index (χ0v) is 18.3. The number of carbonyl (C=O) groups is 2. The largest absolute Gasteiger partial charge is 0.343 e. The van der Waals surface area contributed by atoms with E-state index < -0.39 is 0 Å². The van der Waals surface area contributed by atoms with Crippen molar-refractivity contribution >= 4 is 28.7 Å². The molecule has 1 fully saturated rings. The standard InChI is InChI=1S/C23H30N6O2/c1-3-29-15-12-20(26-29)25-22(30)16-17-10-13-28(14-11-17)23(31)9-8-21-24-18-6-4-5-7-19(18)27(21)2/h4-7,12,15,17H,3,8-11,13-14,16H2,1-2H3,(H,25,26,30). The first-order valence-electron chi connectivity index (χ1n) is 11.0. The number of rotatable bonds is 7. The summed E-state index contributed by atoms with van der Waals surface area (Å²) in [6, 6.07) is 9.84. The van der Waals surface area contributed by atoms with Crippen LogP contribution < -0.4 is 5.32 Å². The first-order valence-corrected chi connectivity index (χ1v) is 11.0. The lowest BCUT2D eigenvalue weighted by atomic mass is 9.93. The Morgan fingerprint density at radius 1 is 1.16 bits per heavy atom. The number of aromatic nitrogens is 4. The summed E-state index contributed by atoms with van der Waals surface area (Å²) in [7, 11) is 2.00. The molecule has 0 atom stereocenters. The van der Waals surface area contributed by atoms with E-state index in [2.05, 4.69) is 20.0 Å². The van der Waals surface area contributed by atoms with E-state index in [0.717, 1.165) is 36.2 Å². The van der Waals surface area contributed by atoms with Crippen LogP contribution in [0.25, 0.3) is 11.0 Å². The highest BCUT2D eigenvalue weighted by Crippen LogP contribution is 2.22. The molecule has 0 radical (unpaired) electrons. The van der Waals surface area contributed by atoms with Crippen molar-refractivity contribution in [1.82, 2.24) is 24.2 Å². The quantitative estimate of drug-likeness (QED) is 0.634. The Labute approximate surface area is 182 Å². The van der Waals surface area contributed by atoms with Crippen molar-refractivity contribution in [3.05, 3.63) is 42.4 Å². The van der Waals surface area contributed by atoms with E-state index in [-0.39, 0.29) is 11.8 Å². The molecule has 1 aliphatic rings. The van der Waals surface area contributed by atoms with Crippen LogP contribution in [0.4, 0.5) is 5.82 Å². The second-order valence-electron chi connectivity index (χ2n) is 8.21. The van der Waals surface area contributed by atoms with Gasteiger partial charge in [-0.2, -0.15) is 5.10 Å². The summed E-state index contributed by atoms with van der Waals surface area (Å²) in [5, 5.41) is 7.16. The highest BCUT2D eigenvalue weighted by molar-refractivity contribution is 5.89. The molecular formula is C23H30N6O2. The van der Waals surface area contributed by atoms with Gasteiger partial charge in [-0.05, 0) is 37.8 Å². The molecular weight excluding hydrogens is 392 g/mol. The van der Waals surface area contributed by atoms with Gasteiger partial charge in [-0.1, -0.05) is 12.1 Å². The first kappa shape index (κ1) is 21.1. The van der Waals surface area contributed by atoms with Crippen molar-refractivity contribution in [2.24, 2.45) is 13.0 Å². The number of likely N-dealkylation sites (tertiary alicyclic amines) is 1. The van der Waals surface area contributed by atoms with Gasteiger partial charge in [-0.25, -0.2) is 4.98 Å². The molecule has 1 N–H and O–H groups in total. The van der Waals surface area contributed by atoms with Crippen molar-refractivity contribution < 1.29 is 9.59 Å². The van der Waals surface area contributed by atoms with Crippen LogP contribution in [0.3, 0.4) is 0 Å². The van der Waals surface area contributed by atoms with Crippen LogP contribution in [0.15, 0.2) is 36.5 Å². The molecule has 1 saturated heterocycles. The Balaban J connectivity index is 1.22. The summed E-state index contributed by atoms with van der Waals surface area (Å²) in [5.41, 5.74) is 2.05. The Morgan fingerprint density at radius 2 is 1.94 bits per heavy atom. The second kappa shape index (κ2) is 9.32. The van der Waals surface area contributed by atoms with Gasteiger partial charge < -0.3 is 14.8 Å². The third-order valence-corrected chi connectivity index (χ3v) is 6.12. The number of benzene rings is 1. The molecule has 2 amide bonds. The fourth-order valence-electron chi connectivity index (χ4n) is 4.24. The zero-order chi connectivity index (χ0) is 21.8. The van der Waals surface area contributed by atoms with Crippen LogP contribution in [0.5, 0.6) is 0 Å².